The molecule has 4 heteroatoms. The standard InChI is InChI=1S/C16H14N4/c17-12-8-7-11(13-5-1-3-9-19-13)15(16(12)18)14-6-2-4-10-20-14/h1-10H,17-18H2. The van der Waals surface area contributed by atoms with Gasteiger partial charge >= 0.3 is 0 Å². The Morgan fingerprint density at radius 1 is 0.700 bits per heavy atom. The first-order valence-electron chi connectivity index (χ1n) is 6.28. The molecule has 0 aliphatic carbocycles. The maximum Gasteiger partial charge on any atom is 0.0730 e. The summed E-state index contributed by atoms with van der Waals surface area (Å²) in [6, 6.07) is 15.2. The van der Waals surface area contributed by atoms with Crippen LogP contribution in [0.3, 0.4) is 0 Å². The fourth-order valence-electron chi connectivity index (χ4n) is 2.16. The van der Waals surface area contributed by atoms with Crippen LogP contribution in [0.4, 0.5) is 11.4 Å². The van der Waals surface area contributed by atoms with Crippen LogP contribution in [0.1, 0.15) is 0 Å². The first-order chi connectivity index (χ1) is 9.77. The van der Waals surface area contributed by atoms with Crippen LogP contribution >= 0.6 is 0 Å². The van der Waals surface area contributed by atoms with E-state index in [0.717, 1.165) is 22.5 Å². The topological polar surface area (TPSA) is 77.8 Å². The van der Waals surface area contributed by atoms with Crippen molar-refractivity contribution in [3.63, 3.8) is 0 Å². The van der Waals surface area contributed by atoms with Crippen LogP contribution in [0.5, 0.6) is 0 Å². The van der Waals surface area contributed by atoms with Crippen molar-refractivity contribution in [2.24, 2.45) is 0 Å². The van der Waals surface area contributed by atoms with Gasteiger partial charge in [0.25, 0.3) is 0 Å². The molecule has 2 aromatic heterocycles. The Hall–Kier alpha value is -2.88. The molecule has 0 spiro atoms. The van der Waals surface area contributed by atoms with Gasteiger partial charge in [-0.2, -0.15) is 0 Å². The second-order valence-electron chi connectivity index (χ2n) is 4.42. The normalized spacial score (nSPS) is 10.4. The van der Waals surface area contributed by atoms with Crippen LogP contribution < -0.4 is 11.5 Å². The molecule has 0 fully saturated rings. The molecule has 2 heterocycles. The van der Waals surface area contributed by atoms with Gasteiger partial charge in [0.2, 0.25) is 0 Å². The van der Waals surface area contributed by atoms with E-state index in [2.05, 4.69) is 9.97 Å². The van der Waals surface area contributed by atoms with Crippen molar-refractivity contribution in [1.82, 2.24) is 9.97 Å². The second-order valence-corrected chi connectivity index (χ2v) is 4.42. The SMILES string of the molecule is Nc1ccc(-c2ccccn2)c(-c2ccccn2)c1N. The lowest BCUT2D eigenvalue weighted by atomic mass is 9.98. The number of nitrogens with zero attached hydrogens (tertiary/aromatic N) is 2. The molecule has 3 rings (SSSR count). The zero-order valence-corrected chi connectivity index (χ0v) is 10.8. The van der Waals surface area contributed by atoms with Gasteiger partial charge in [-0.15, -0.1) is 0 Å². The van der Waals surface area contributed by atoms with E-state index in [1.54, 1.807) is 18.5 Å². The molecular formula is C16H14N4. The highest BCUT2D eigenvalue weighted by Gasteiger charge is 2.14. The number of hydrogen-bond acceptors (Lipinski definition) is 4. The third-order valence-corrected chi connectivity index (χ3v) is 3.14. The van der Waals surface area contributed by atoms with E-state index >= 15 is 0 Å². The summed E-state index contributed by atoms with van der Waals surface area (Å²) < 4.78 is 0. The van der Waals surface area contributed by atoms with Crippen molar-refractivity contribution in [3.8, 4) is 22.5 Å². The molecule has 0 amide bonds. The van der Waals surface area contributed by atoms with Gasteiger partial charge < -0.3 is 11.5 Å². The maximum atomic E-state index is 6.16. The lowest BCUT2D eigenvalue weighted by molar-refractivity contribution is 1.30. The van der Waals surface area contributed by atoms with Crippen molar-refractivity contribution >= 4 is 11.4 Å². The third kappa shape index (κ3) is 2.07. The summed E-state index contributed by atoms with van der Waals surface area (Å²) in [6.45, 7) is 0. The Balaban J connectivity index is 2.29. The van der Waals surface area contributed by atoms with E-state index in [-0.39, 0.29) is 0 Å². The van der Waals surface area contributed by atoms with Crippen LogP contribution in [-0.2, 0) is 0 Å². The van der Waals surface area contributed by atoms with Gasteiger partial charge in [-0.3, -0.25) is 9.97 Å². The molecule has 20 heavy (non-hydrogen) atoms. The minimum Gasteiger partial charge on any atom is -0.397 e. The average molecular weight is 262 g/mol. The molecule has 0 radical (unpaired) electrons. The predicted octanol–water partition coefficient (Wildman–Crippen LogP) is 2.98. The molecule has 0 saturated carbocycles. The minimum atomic E-state index is 0.534. The van der Waals surface area contributed by atoms with Gasteiger partial charge in [0.1, 0.15) is 0 Å². The lowest BCUT2D eigenvalue weighted by Gasteiger charge is -2.13. The summed E-state index contributed by atoms with van der Waals surface area (Å²) in [5.41, 5.74) is 16.6. The summed E-state index contributed by atoms with van der Waals surface area (Å²) in [6.07, 6.45) is 3.49. The fraction of sp³-hybridized carbons (Fsp3) is 0. The van der Waals surface area contributed by atoms with Gasteiger partial charge in [-0.25, -0.2) is 0 Å². The molecule has 0 atom stereocenters. The molecule has 0 unspecified atom stereocenters. The van der Waals surface area contributed by atoms with Crippen molar-refractivity contribution in [2.45, 2.75) is 0 Å². The van der Waals surface area contributed by atoms with Crippen LogP contribution in [0.15, 0.2) is 60.9 Å². The van der Waals surface area contributed by atoms with E-state index in [9.17, 15) is 0 Å². The molecule has 0 aliphatic rings. The summed E-state index contributed by atoms with van der Waals surface area (Å²) in [4.78, 5) is 8.76. The predicted molar refractivity (Wildman–Crippen MR) is 81.7 cm³/mol. The van der Waals surface area contributed by atoms with Gasteiger partial charge in [0.15, 0.2) is 0 Å². The Bertz CT molecular complexity index is 724. The van der Waals surface area contributed by atoms with Crippen LogP contribution in [-0.4, -0.2) is 9.97 Å². The van der Waals surface area contributed by atoms with Gasteiger partial charge in [0, 0.05) is 23.5 Å². The molecule has 4 nitrogen and oxygen atoms in total. The van der Waals surface area contributed by atoms with E-state index in [0.29, 0.717) is 11.4 Å². The number of anilines is 2. The molecule has 4 N–H and O–H groups in total. The zero-order valence-electron chi connectivity index (χ0n) is 10.8. The summed E-state index contributed by atoms with van der Waals surface area (Å²) in [7, 11) is 0. The lowest BCUT2D eigenvalue weighted by Crippen LogP contribution is -2.00. The van der Waals surface area contributed by atoms with Crippen LogP contribution in [0.2, 0.25) is 0 Å². The van der Waals surface area contributed by atoms with Gasteiger partial charge in [-0.1, -0.05) is 12.1 Å². The highest BCUT2D eigenvalue weighted by atomic mass is 14.7. The molecule has 3 aromatic rings. The van der Waals surface area contributed by atoms with E-state index in [4.69, 9.17) is 11.5 Å². The molecular weight excluding hydrogens is 248 g/mol. The van der Waals surface area contributed by atoms with Gasteiger partial charge in [-0.05, 0) is 36.4 Å². The molecule has 0 saturated heterocycles. The Kier molecular flexibility index (Phi) is 3.05. The molecule has 98 valence electrons. The summed E-state index contributed by atoms with van der Waals surface area (Å²) in [5.74, 6) is 0. The summed E-state index contributed by atoms with van der Waals surface area (Å²) >= 11 is 0. The maximum absolute atomic E-state index is 6.16. The zero-order chi connectivity index (χ0) is 13.9. The number of nitrogen functional groups attached to an aromatic ring is 2. The number of benzene rings is 1. The number of rotatable bonds is 2. The molecule has 1 aromatic carbocycles. The number of pyridine rings is 2. The molecule has 0 aliphatic heterocycles. The highest BCUT2D eigenvalue weighted by Crippen LogP contribution is 2.37. The highest BCUT2D eigenvalue weighted by molar-refractivity contribution is 5.93. The van der Waals surface area contributed by atoms with Crippen molar-refractivity contribution in [3.05, 3.63) is 60.9 Å². The largest absolute Gasteiger partial charge is 0.397 e. The minimum absolute atomic E-state index is 0.534. The quantitative estimate of drug-likeness (QED) is 0.696. The molecule has 0 bridgehead atoms. The number of hydrogen-bond donors (Lipinski definition) is 2. The summed E-state index contributed by atoms with van der Waals surface area (Å²) in [5, 5.41) is 0. The first-order valence-corrected chi connectivity index (χ1v) is 6.28. The van der Waals surface area contributed by atoms with Crippen molar-refractivity contribution in [1.29, 1.82) is 0 Å². The second kappa shape index (κ2) is 5.01. The Labute approximate surface area is 117 Å². The van der Waals surface area contributed by atoms with E-state index in [1.807, 2.05) is 42.5 Å². The fourth-order valence-corrected chi connectivity index (χ4v) is 2.16. The van der Waals surface area contributed by atoms with Crippen molar-refractivity contribution in [2.75, 3.05) is 11.5 Å². The monoisotopic (exact) mass is 262 g/mol. The third-order valence-electron chi connectivity index (χ3n) is 3.14. The van der Waals surface area contributed by atoms with Crippen LogP contribution in [0, 0.1) is 0 Å². The van der Waals surface area contributed by atoms with Gasteiger partial charge in [0.05, 0.1) is 22.8 Å². The smallest absolute Gasteiger partial charge is 0.0730 e. The Morgan fingerprint density at radius 2 is 1.35 bits per heavy atom. The van der Waals surface area contributed by atoms with Crippen molar-refractivity contribution < 1.29 is 0 Å². The van der Waals surface area contributed by atoms with Crippen LogP contribution in [0.25, 0.3) is 22.5 Å². The van der Waals surface area contributed by atoms with E-state index in [1.165, 1.54) is 0 Å². The van der Waals surface area contributed by atoms with E-state index < -0.39 is 0 Å². The number of nitrogens with two attached hydrogens (primary N) is 2. The Morgan fingerprint density at radius 3 is 1.95 bits per heavy atom. The first kappa shape index (κ1) is 12.2. The number of aromatic nitrogens is 2. The average Bonchev–Trinajstić information content (AvgIpc) is 2.51.